The van der Waals surface area contributed by atoms with E-state index in [4.69, 9.17) is 5.11 Å². The van der Waals surface area contributed by atoms with Crippen molar-refractivity contribution in [2.24, 2.45) is 0 Å². The maximum absolute atomic E-state index is 13.2. The number of carbonyl (C=O) groups is 2. The van der Waals surface area contributed by atoms with Crippen molar-refractivity contribution >= 4 is 11.9 Å². The molecule has 0 aliphatic carbocycles. The molecular weight excluding hydrogens is 368 g/mol. The maximum Gasteiger partial charge on any atom is 0.338 e. The quantitative estimate of drug-likeness (QED) is 0.737. The van der Waals surface area contributed by atoms with Crippen LogP contribution >= 0.6 is 0 Å². The van der Waals surface area contributed by atoms with E-state index in [9.17, 15) is 9.59 Å². The van der Waals surface area contributed by atoms with Gasteiger partial charge in [-0.3, -0.25) is 9.48 Å². The smallest absolute Gasteiger partial charge is 0.338 e. The normalized spacial score (nSPS) is 14.9. The Balaban J connectivity index is 1.48. The average molecular weight is 392 g/mol. The second-order valence-electron chi connectivity index (χ2n) is 7.49. The molecule has 0 bridgehead atoms. The molecule has 1 aromatic carbocycles. The molecule has 1 saturated heterocycles. The molecule has 0 saturated carbocycles. The van der Waals surface area contributed by atoms with Gasteiger partial charge in [0, 0.05) is 36.4 Å². The zero-order valence-corrected chi connectivity index (χ0v) is 16.6. The van der Waals surface area contributed by atoms with Crippen molar-refractivity contribution in [3.8, 4) is 5.69 Å². The Hall–Kier alpha value is -3.35. The molecule has 1 aliphatic rings. The Morgan fingerprint density at radius 2 is 1.79 bits per heavy atom. The maximum atomic E-state index is 13.2. The van der Waals surface area contributed by atoms with Crippen LogP contribution in [0.1, 0.15) is 51.0 Å². The summed E-state index contributed by atoms with van der Waals surface area (Å²) in [5.41, 5.74) is 3.95. The molecule has 4 rings (SSSR count). The number of nitrogens with zero attached hydrogens (tertiary/aromatic N) is 4. The second-order valence-corrected chi connectivity index (χ2v) is 7.49. The van der Waals surface area contributed by atoms with E-state index in [1.807, 2.05) is 55.1 Å². The second kappa shape index (κ2) is 7.58. The molecule has 7 heteroatoms. The number of likely N-dealkylation sites (tertiary alicyclic amines) is 1. The topological polar surface area (TPSA) is 80.4 Å². The highest BCUT2D eigenvalue weighted by atomic mass is 16.4. The summed E-state index contributed by atoms with van der Waals surface area (Å²) >= 11 is 0. The Kier molecular flexibility index (Phi) is 4.96. The van der Waals surface area contributed by atoms with Crippen LogP contribution in [0, 0.1) is 13.8 Å². The van der Waals surface area contributed by atoms with Gasteiger partial charge in [0.25, 0.3) is 5.91 Å². The van der Waals surface area contributed by atoms with E-state index >= 15 is 0 Å². The zero-order valence-electron chi connectivity index (χ0n) is 16.6. The summed E-state index contributed by atoms with van der Waals surface area (Å²) in [6.07, 6.45) is 4.45. The first kappa shape index (κ1) is 19.0. The molecule has 7 nitrogen and oxygen atoms in total. The summed E-state index contributed by atoms with van der Waals surface area (Å²) in [5.74, 6) is -0.928. The number of para-hydroxylation sites is 1. The number of hydrogen-bond acceptors (Lipinski definition) is 3. The lowest BCUT2D eigenvalue weighted by Gasteiger charge is -2.32. The fraction of sp³-hybridized carbons (Fsp3) is 0.318. The van der Waals surface area contributed by atoms with E-state index in [2.05, 4.69) is 9.67 Å². The van der Waals surface area contributed by atoms with Crippen molar-refractivity contribution < 1.29 is 14.7 Å². The molecule has 29 heavy (non-hydrogen) atoms. The molecule has 2 aromatic heterocycles. The van der Waals surface area contributed by atoms with Gasteiger partial charge in [-0.2, -0.15) is 5.10 Å². The zero-order chi connectivity index (χ0) is 20.5. The molecule has 1 N–H and O–H groups in total. The van der Waals surface area contributed by atoms with Gasteiger partial charge in [-0.25, -0.2) is 4.79 Å². The minimum absolute atomic E-state index is 0.0467. The minimum Gasteiger partial charge on any atom is -0.478 e. The number of amides is 1. The summed E-state index contributed by atoms with van der Waals surface area (Å²) in [6, 6.07) is 12.1. The van der Waals surface area contributed by atoms with Gasteiger partial charge in [0.2, 0.25) is 0 Å². The molecule has 3 heterocycles. The first-order valence-corrected chi connectivity index (χ1v) is 9.77. The van der Waals surface area contributed by atoms with Crippen molar-refractivity contribution in [2.75, 3.05) is 13.1 Å². The van der Waals surface area contributed by atoms with Gasteiger partial charge in [-0.15, -0.1) is 0 Å². The fourth-order valence-corrected chi connectivity index (χ4v) is 4.11. The van der Waals surface area contributed by atoms with Gasteiger partial charge in [0.05, 0.1) is 23.4 Å². The van der Waals surface area contributed by atoms with Gasteiger partial charge in [-0.1, -0.05) is 18.2 Å². The van der Waals surface area contributed by atoms with Crippen LogP contribution in [0.4, 0.5) is 0 Å². The number of aryl methyl sites for hydroxylation is 1. The van der Waals surface area contributed by atoms with E-state index in [1.165, 1.54) is 6.20 Å². The number of aromatic carboxylic acids is 1. The van der Waals surface area contributed by atoms with Crippen molar-refractivity contribution in [1.29, 1.82) is 0 Å². The van der Waals surface area contributed by atoms with E-state index < -0.39 is 5.97 Å². The van der Waals surface area contributed by atoms with Crippen molar-refractivity contribution in [3.05, 3.63) is 71.3 Å². The van der Waals surface area contributed by atoms with E-state index in [0.717, 1.165) is 35.5 Å². The molecular formula is C22H24N4O3. The standard InChI is InChI=1S/C22H24N4O3/c1-15-12-20(16(2)26(15)19-6-4-3-5-7-19)21(27)24-10-8-18(9-11-24)25-14-17(13-23-25)22(28)29/h3-7,12-14,18H,8-11H2,1-2H3,(H,28,29). The number of hydrogen-bond donors (Lipinski definition) is 1. The van der Waals surface area contributed by atoms with Gasteiger partial charge in [0.1, 0.15) is 0 Å². The van der Waals surface area contributed by atoms with Crippen LogP contribution in [0.2, 0.25) is 0 Å². The molecule has 150 valence electrons. The monoisotopic (exact) mass is 392 g/mol. The minimum atomic E-state index is -0.974. The van der Waals surface area contributed by atoms with Crippen molar-refractivity contribution in [2.45, 2.75) is 32.7 Å². The highest BCUT2D eigenvalue weighted by Gasteiger charge is 2.27. The SMILES string of the molecule is Cc1cc(C(=O)N2CCC(n3cc(C(=O)O)cn3)CC2)c(C)n1-c1ccccc1. The number of aromatic nitrogens is 3. The Bertz CT molecular complexity index is 1040. The van der Waals surface area contributed by atoms with Crippen molar-refractivity contribution in [1.82, 2.24) is 19.2 Å². The fourth-order valence-electron chi connectivity index (χ4n) is 4.11. The number of carbonyl (C=O) groups excluding carboxylic acids is 1. The van der Waals surface area contributed by atoms with Crippen LogP contribution in [0.5, 0.6) is 0 Å². The van der Waals surface area contributed by atoms with Crippen LogP contribution in [-0.4, -0.2) is 49.3 Å². The van der Waals surface area contributed by atoms with Crippen LogP contribution in [-0.2, 0) is 0 Å². The highest BCUT2D eigenvalue weighted by molar-refractivity contribution is 5.96. The lowest BCUT2D eigenvalue weighted by Crippen LogP contribution is -2.39. The summed E-state index contributed by atoms with van der Waals surface area (Å²) in [6.45, 7) is 5.25. The summed E-state index contributed by atoms with van der Waals surface area (Å²) < 4.78 is 3.82. The number of carboxylic acids is 1. The number of carboxylic acid groups (broad SMARTS) is 1. The number of piperidine rings is 1. The lowest BCUT2D eigenvalue weighted by molar-refractivity contribution is 0.0687. The first-order chi connectivity index (χ1) is 14.0. The summed E-state index contributed by atoms with van der Waals surface area (Å²) in [4.78, 5) is 26.1. The number of benzene rings is 1. The average Bonchev–Trinajstić information content (AvgIpc) is 3.33. The molecule has 0 unspecified atom stereocenters. The molecule has 0 atom stereocenters. The van der Waals surface area contributed by atoms with Gasteiger partial charge >= 0.3 is 5.97 Å². The predicted octanol–water partition coefficient (Wildman–Crippen LogP) is 3.47. The van der Waals surface area contributed by atoms with E-state index in [0.29, 0.717) is 13.1 Å². The Labute approximate surface area is 169 Å². The predicted molar refractivity (Wildman–Crippen MR) is 109 cm³/mol. The highest BCUT2D eigenvalue weighted by Crippen LogP contribution is 2.26. The third-order valence-corrected chi connectivity index (χ3v) is 5.65. The third-order valence-electron chi connectivity index (χ3n) is 5.65. The van der Waals surface area contributed by atoms with E-state index in [1.54, 1.807) is 10.9 Å². The summed E-state index contributed by atoms with van der Waals surface area (Å²) in [7, 11) is 0. The van der Waals surface area contributed by atoms with Gasteiger partial charge in [-0.05, 0) is 44.9 Å². The molecule has 1 fully saturated rings. The van der Waals surface area contributed by atoms with Crippen LogP contribution in [0.25, 0.3) is 5.69 Å². The molecule has 0 spiro atoms. The molecule has 1 aliphatic heterocycles. The molecule has 1 amide bonds. The Morgan fingerprint density at radius 3 is 2.41 bits per heavy atom. The largest absolute Gasteiger partial charge is 0.478 e. The van der Waals surface area contributed by atoms with Crippen LogP contribution in [0.15, 0.2) is 48.8 Å². The van der Waals surface area contributed by atoms with Gasteiger partial charge < -0.3 is 14.6 Å². The van der Waals surface area contributed by atoms with Crippen molar-refractivity contribution in [3.63, 3.8) is 0 Å². The first-order valence-electron chi connectivity index (χ1n) is 9.77. The third kappa shape index (κ3) is 3.55. The number of rotatable bonds is 4. The molecule has 3 aromatic rings. The Morgan fingerprint density at radius 1 is 1.10 bits per heavy atom. The van der Waals surface area contributed by atoms with Gasteiger partial charge in [0.15, 0.2) is 0 Å². The lowest BCUT2D eigenvalue weighted by atomic mass is 10.0. The van der Waals surface area contributed by atoms with Crippen LogP contribution < -0.4 is 0 Å². The van der Waals surface area contributed by atoms with E-state index in [-0.39, 0.29) is 17.5 Å². The summed E-state index contributed by atoms with van der Waals surface area (Å²) in [5, 5.41) is 13.2. The van der Waals surface area contributed by atoms with Crippen LogP contribution in [0.3, 0.4) is 0 Å². The molecule has 0 radical (unpaired) electrons.